The van der Waals surface area contributed by atoms with Crippen LogP contribution in [0, 0.1) is 17.2 Å². The van der Waals surface area contributed by atoms with E-state index in [2.05, 4.69) is 0 Å². The fourth-order valence-corrected chi connectivity index (χ4v) is 4.55. The molecule has 0 saturated heterocycles. The van der Waals surface area contributed by atoms with Crippen LogP contribution in [0.5, 0.6) is 5.75 Å². The number of fused-ring (bicyclic) bond motifs is 1. The highest BCUT2D eigenvalue weighted by atomic mass is 19.3. The molecule has 0 spiro atoms. The molecule has 6 heteroatoms. The quantitative estimate of drug-likeness (QED) is 0.810. The summed E-state index contributed by atoms with van der Waals surface area (Å²) >= 11 is 0. The second-order valence-electron chi connectivity index (χ2n) is 7.75. The first-order valence-electron chi connectivity index (χ1n) is 8.91. The molecule has 3 fully saturated rings. The van der Waals surface area contributed by atoms with E-state index in [1.54, 1.807) is 0 Å². The van der Waals surface area contributed by atoms with Crippen LogP contribution in [-0.4, -0.2) is 23.6 Å². The Bertz CT molecular complexity index is 714. The minimum absolute atomic E-state index is 0.0382. The van der Waals surface area contributed by atoms with Crippen LogP contribution in [-0.2, 0) is 0 Å². The maximum absolute atomic E-state index is 14.3. The number of rotatable bonds is 5. The summed E-state index contributed by atoms with van der Waals surface area (Å²) < 4.78 is 48.4. The van der Waals surface area contributed by atoms with Gasteiger partial charge in [0, 0.05) is 12.5 Å². The summed E-state index contributed by atoms with van der Waals surface area (Å²) in [4.78, 5) is 11.1. The average Bonchev–Trinajstić information content (AvgIpc) is 3.37. The molecule has 2 atom stereocenters. The Balaban J connectivity index is 1.60. The zero-order chi connectivity index (χ0) is 17.8. The van der Waals surface area contributed by atoms with Gasteiger partial charge in [-0.3, -0.25) is 0 Å². The van der Waals surface area contributed by atoms with E-state index in [1.165, 1.54) is 6.07 Å². The van der Waals surface area contributed by atoms with Gasteiger partial charge in [-0.1, -0.05) is 12.8 Å². The van der Waals surface area contributed by atoms with Crippen molar-refractivity contribution in [2.75, 3.05) is 6.61 Å². The third-order valence-electron chi connectivity index (χ3n) is 6.27. The average molecular weight is 354 g/mol. The van der Waals surface area contributed by atoms with Crippen molar-refractivity contribution in [1.29, 1.82) is 0 Å². The predicted molar refractivity (Wildman–Crippen MR) is 84.8 cm³/mol. The van der Waals surface area contributed by atoms with Crippen LogP contribution in [0.4, 0.5) is 13.2 Å². The van der Waals surface area contributed by atoms with Crippen molar-refractivity contribution < 1.29 is 27.8 Å². The lowest BCUT2D eigenvalue weighted by Crippen LogP contribution is -2.62. The van der Waals surface area contributed by atoms with Crippen LogP contribution >= 0.6 is 0 Å². The van der Waals surface area contributed by atoms with E-state index in [9.17, 15) is 18.0 Å². The summed E-state index contributed by atoms with van der Waals surface area (Å²) in [6.45, 7) is -0.129. The van der Waals surface area contributed by atoms with Gasteiger partial charge in [0.05, 0.1) is 17.6 Å². The van der Waals surface area contributed by atoms with Gasteiger partial charge in [0.1, 0.15) is 11.6 Å². The van der Waals surface area contributed by atoms with E-state index in [0.717, 1.165) is 38.2 Å². The number of hydrogen-bond acceptors (Lipinski definition) is 2. The van der Waals surface area contributed by atoms with E-state index in [1.807, 2.05) is 0 Å². The zero-order valence-electron chi connectivity index (χ0n) is 13.9. The zero-order valence-corrected chi connectivity index (χ0v) is 13.9. The highest BCUT2D eigenvalue weighted by molar-refractivity contribution is 5.88. The SMILES string of the molecule is O=C(O)c1cc(C2CC2)c(OCC23CCCCC2CC3(F)F)cc1F. The smallest absolute Gasteiger partial charge is 0.338 e. The minimum Gasteiger partial charge on any atom is -0.492 e. The summed E-state index contributed by atoms with van der Waals surface area (Å²) in [5.41, 5.74) is -0.907. The maximum Gasteiger partial charge on any atom is 0.338 e. The van der Waals surface area contributed by atoms with Crippen LogP contribution in [0.3, 0.4) is 0 Å². The van der Waals surface area contributed by atoms with Gasteiger partial charge in [0.15, 0.2) is 0 Å². The van der Waals surface area contributed by atoms with Crippen LogP contribution in [0.15, 0.2) is 12.1 Å². The number of alkyl halides is 2. The fourth-order valence-electron chi connectivity index (χ4n) is 4.55. The van der Waals surface area contributed by atoms with Gasteiger partial charge in [0.2, 0.25) is 0 Å². The molecule has 0 amide bonds. The number of benzene rings is 1. The molecule has 0 aliphatic heterocycles. The van der Waals surface area contributed by atoms with Gasteiger partial charge in [-0.15, -0.1) is 0 Å². The lowest BCUT2D eigenvalue weighted by atomic mass is 9.51. The van der Waals surface area contributed by atoms with Crippen LogP contribution in [0.25, 0.3) is 0 Å². The summed E-state index contributed by atoms with van der Waals surface area (Å²) in [6, 6.07) is 2.36. The Kier molecular flexibility index (Phi) is 3.78. The molecular weight excluding hydrogens is 333 g/mol. The van der Waals surface area contributed by atoms with Crippen LogP contribution < -0.4 is 4.74 Å². The van der Waals surface area contributed by atoms with Crippen molar-refractivity contribution >= 4 is 5.97 Å². The molecule has 1 aromatic rings. The highest BCUT2D eigenvalue weighted by Crippen LogP contribution is 2.64. The van der Waals surface area contributed by atoms with Gasteiger partial charge in [0.25, 0.3) is 5.92 Å². The fraction of sp³-hybridized carbons (Fsp3) is 0.632. The van der Waals surface area contributed by atoms with Crippen LogP contribution in [0.2, 0.25) is 0 Å². The molecule has 3 aliphatic rings. The lowest BCUT2D eigenvalue weighted by Gasteiger charge is -2.57. The number of carboxylic acid groups (broad SMARTS) is 1. The van der Waals surface area contributed by atoms with E-state index < -0.39 is 28.7 Å². The second-order valence-corrected chi connectivity index (χ2v) is 7.75. The van der Waals surface area contributed by atoms with Crippen molar-refractivity contribution in [3.8, 4) is 5.75 Å². The first-order chi connectivity index (χ1) is 11.8. The number of carbonyl (C=O) groups is 1. The van der Waals surface area contributed by atoms with Crippen molar-refractivity contribution in [2.24, 2.45) is 11.3 Å². The van der Waals surface area contributed by atoms with E-state index in [-0.39, 0.29) is 30.6 Å². The molecule has 1 aromatic carbocycles. The molecule has 0 bridgehead atoms. The molecule has 3 saturated carbocycles. The standard InChI is InChI=1S/C19H21F3O3/c20-15-8-16(13(11-4-5-11)7-14(15)17(23)24)25-10-18-6-2-1-3-12(18)9-19(18,21)22/h7-8,11-12H,1-6,9-10H2,(H,23,24). The number of aromatic carboxylic acids is 1. The molecule has 3 nitrogen and oxygen atoms in total. The summed E-state index contributed by atoms with van der Waals surface area (Å²) in [5.74, 6) is -4.63. The van der Waals surface area contributed by atoms with E-state index >= 15 is 0 Å². The van der Waals surface area contributed by atoms with Gasteiger partial charge in [-0.05, 0) is 49.1 Å². The molecule has 0 heterocycles. The van der Waals surface area contributed by atoms with Gasteiger partial charge >= 0.3 is 5.97 Å². The predicted octanol–water partition coefficient (Wildman–Crippen LogP) is 5.00. The Hall–Kier alpha value is -1.72. The molecule has 25 heavy (non-hydrogen) atoms. The molecule has 0 aromatic heterocycles. The Morgan fingerprint density at radius 3 is 2.60 bits per heavy atom. The van der Waals surface area contributed by atoms with Crippen LogP contribution in [0.1, 0.15) is 66.8 Å². The third kappa shape index (κ3) is 2.61. The molecule has 3 aliphatic carbocycles. The van der Waals surface area contributed by atoms with Crippen molar-refractivity contribution in [2.45, 2.75) is 56.8 Å². The van der Waals surface area contributed by atoms with Crippen molar-refractivity contribution in [3.05, 3.63) is 29.1 Å². The van der Waals surface area contributed by atoms with E-state index in [4.69, 9.17) is 9.84 Å². The molecule has 136 valence electrons. The maximum atomic E-state index is 14.3. The van der Waals surface area contributed by atoms with Gasteiger partial charge in [-0.2, -0.15) is 0 Å². The monoisotopic (exact) mass is 354 g/mol. The molecule has 4 rings (SSSR count). The van der Waals surface area contributed by atoms with Crippen molar-refractivity contribution in [3.63, 3.8) is 0 Å². The van der Waals surface area contributed by atoms with Gasteiger partial charge in [-0.25, -0.2) is 18.0 Å². The molecule has 0 radical (unpaired) electrons. The Morgan fingerprint density at radius 2 is 2.00 bits per heavy atom. The topological polar surface area (TPSA) is 46.5 Å². The third-order valence-corrected chi connectivity index (χ3v) is 6.27. The molecule has 1 N–H and O–H groups in total. The number of hydrogen-bond donors (Lipinski definition) is 1. The molecule has 2 unspecified atom stereocenters. The van der Waals surface area contributed by atoms with Gasteiger partial charge < -0.3 is 9.84 Å². The first kappa shape index (κ1) is 16.7. The Labute approximate surface area is 144 Å². The summed E-state index contributed by atoms with van der Waals surface area (Å²) in [6.07, 6.45) is 4.63. The minimum atomic E-state index is -2.74. The lowest BCUT2D eigenvalue weighted by molar-refractivity contribution is -0.269. The van der Waals surface area contributed by atoms with Crippen molar-refractivity contribution in [1.82, 2.24) is 0 Å². The number of halogens is 3. The Morgan fingerprint density at radius 1 is 1.24 bits per heavy atom. The first-order valence-corrected chi connectivity index (χ1v) is 8.91. The van der Waals surface area contributed by atoms with E-state index in [0.29, 0.717) is 12.0 Å². The molecular formula is C19H21F3O3. The second kappa shape index (κ2) is 5.64. The number of ether oxygens (including phenoxy) is 1. The summed E-state index contributed by atoms with van der Waals surface area (Å²) in [5, 5.41) is 9.09. The largest absolute Gasteiger partial charge is 0.492 e. The summed E-state index contributed by atoms with van der Waals surface area (Å²) in [7, 11) is 0. The number of carboxylic acids is 1. The normalized spacial score (nSPS) is 30.3. The highest BCUT2D eigenvalue weighted by Gasteiger charge is 2.68.